The molecule has 8 heteroatoms. The van der Waals surface area contributed by atoms with Crippen LogP contribution in [0.25, 0.3) is 0 Å². The molecule has 0 N–H and O–H groups in total. The van der Waals surface area contributed by atoms with Gasteiger partial charge in [0.25, 0.3) is 0 Å². The summed E-state index contributed by atoms with van der Waals surface area (Å²) in [7, 11) is 0. The molecule has 2 aliphatic rings. The number of hydrogen-bond acceptors (Lipinski definition) is 4. The summed E-state index contributed by atoms with van der Waals surface area (Å²) in [5.41, 5.74) is 1.47. The van der Waals surface area contributed by atoms with E-state index in [0.717, 1.165) is 17.4 Å². The molecule has 34 heavy (non-hydrogen) atoms. The molecule has 0 bridgehead atoms. The molecular weight excluding hydrogens is 440 g/mol. The fraction of sp³-hybridized carbons (Fsp3) is 0.231. The Hall–Kier alpha value is -3.94. The average Bonchev–Trinajstić information content (AvgIpc) is 3.30. The number of nitrogens with zero attached hydrogens (tertiary/aromatic N) is 3. The van der Waals surface area contributed by atoms with Crippen LogP contribution in [0, 0.1) is 11.6 Å². The first-order valence-electron chi connectivity index (χ1n) is 11.1. The van der Waals surface area contributed by atoms with Crippen LogP contribution in [0.4, 0.5) is 13.6 Å². The first kappa shape index (κ1) is 21.9. The van der Waals surface area contributed by atoms with Crippen molar-refractivity contribution >= 4 is 12.2 Å². The SMILES string of the molecule is O=C(N1CC(Oc2ccc(OCc3ccccc3)cc2)C1)N1N=CC[C@H]1c1cc(F)cc(F)c1. The number of rotatable bonds is 6. The van der Waals surface area contributed by atoms with Crippen molar-refractivity contribution in [3.8, 4) is 11.5 Å². The van der Waals surface area contributed by atoms with Gasteiger partial charge in [0.05, 0.1) is 19.1 Å². The molecule has 3 aromatic rings. The lowest BCUT2D eigenvalue weighted by molar-refractivity contribution is 0.0277. The van der Waals surface area contributed by atoms with Crippen LogP contribution < -0.4 is 9.47 Å². The van der Waals surface area contributed by atoms with Gasteiger partial charge in [-0.05, 0) is 47.5 Å². The fourth-order valence-corrected chi connectivity index (χ4v) is 4.00. The summed E-state index contributed by atoms with van der Waals surface area (Å²) in [5, 5.41) is 5.41. The van der Waals surface area contributed by atoms with Crippen LogP contribution in [0.3, 0.4) is 0 Å². The van der Waals surface area contributed by atoms with Crippen molar-refractivity contribution in [1.82, 2.24) is 9.91 Å². The van der Waals surface area contributed by atoms with Crippen molar-refractivity contribution in [2.75, 3.05) is 13.1 Å². The topological polar surface area (TPSA) is 54.4 Å². The molecule has 0 spiro atoms. The number of amides is 2. The van der Waals surface area contributed by atoms with Gasteiger partial charge in [0, 0.05) is 18.7 Å². The summed E-state index contributed by atoms with van der Waals surface area (Å²) in [5.74, 6) is 0.0798. The third-order valence-corrected chi connectivity index (χ3v) is 5.79. The average molecular weight is 463 g/mol. The zero-order valence-electron chi connectivity index (χ0n) is 18.3. The third kappa shape index (κ3) is 4.85. The first-order chi connectivity index (χ1) is 16.5. The number of likely N-dealkylation sites (tertiary alicyclic amines) is 1. The van der Waals surface area contributed by atoms with E-state index in [1.807, 2.05) is 54.6 Å². The lowest BCUT2D eigenvalue weighted by Crippen LogP contribution is -2.58. The smallest absolute Gasteiger partial charge is 0.341 e. The Bertz CT molecular complexity index is 1160. The van der Waals surface area contributed by atoms with Gasteiger partial charge in [-0.25, -0.2) is 18.6 Å². The normalized spacial score (nSPS) is 17.5. The van der Waals surface area contributed by atoms with Crippen molar-refractivity contribution in [1.29, 1.82) is 0 Å². The molecule has 0 aromatic heterocycles. The summed E-state index contributed by atoms with van der Waals surface area (Å²) >= 11 is 0. The lowest BCUT2D eigenvalue weighted by atomic mass is 10.0. The molecule has 2 amide bonds. The standard InChI is InChI=1S/C26H23F2N3O3/c27-20-12-19(13-21(28)14-20)25-10-11-29-31(25)26(32)30-15-24(16-30)34-23-8-6-22(7-9-23)33-17-18-4-2-1-3-5-18/h1-9,11-14,24-25H,10,15-17H2/t25-/m0/s1. The quantitative estimate of drug-likeness (QED) is 0.508. The molecule has 2 heterocycles. The second-order valence-electron chi connectivity index (χ2n) is 8.27. The molecule has 2 aliphatic heterocycles. The van der Waals surface area contributed by atoms with Crippen molar-refractivity contribution in [2.24, 2.45) is 5.10 Å². The molecule has 1 fully saturated rings. The lowest BCUT2D eigenvalue weighted by Gasteiger charge is -2.41. The van der Waals surface area contributed by atoms with Gasteiger partial charge in [0.2, 0.25) is 0 Å². The number of carbonyl (C=O) groups excluding carboxylic acids is 1. The Morgan fingerprint density at radius 2 is 1.62 bits per heavy atom. The predicted octanol–water partition coefficient (Wildman–Crippen LogP) is 5.16. The molecule has 1 saturated heterocycles. The summed E-state index contributed by atoms with van der Waals surface area (Å²) in [6.45, 7) is 1.30. The third-order valence-electron chi connectivity index (χ3n) is 5.79. The highest BCUT2D eigenvalue weighted by Gasteiger charge is 2.39. The van der Waals surface area contributed by atoms with Gasteiger partial charge in [0.15, 0.2) is 0 Å². The largest absolute Gasteiger partial charge is 0.489 e. The van der Waals surface area contributed by atoms with Crippen LogP contribution in [0.1, 0.15) is 23.6 Å². The highest BCUT2D eigenvalue weighted by atomic mass is 19.1. The number of urea groups is 1. The van der Waals surface area contributed by atoms with Gasteiger partial charge >= 0.3 is 6.03 Å². The molecule has 0 saturated carbocycles. The number of halogens is 2. The van der Waals surface area contributed by atoms with Crippen LogP contribution in [-0.4, -0.2) is 41.3 Å². The van der Waals surface area contributed by atoms with E-state index < -0.39 is 17.7 Å². The molecule has 6 nitrogen and oxygen atoms in total. The Kier molecular flexibility index (Phi) is 6.12. The summed E-state index contributed by atoms with van der Waals surface area (Å²) in [6.07, 6.45) is 1.85. The Balaban J connectivity index is 1.12. The molecule has 0 unspecified atom stereocenters. The number of hydrazone groups is 1. The van der Waals surface area contributed by atoms with E-state index >= 15 is 0 Å². The van der Waals surface area contributed by atoms with Gasteiger partial charge in [0.1, 0.15) is 35.8 Å². The maximum atomic E-state index is 13.6. The summed E-state index contributed by atoms with van der Waals surface area (Å²) in [6, 6.07) is 19.7. The van der Waals surface area contributed by atoms with E-state index in [1.54, 1.807) is 11.1 Å². The Morgan fingerprint density at radius 3 is 2.32 bits per heavy atom. The number of benzene rings is 3. The van der Waals surface area contributed by atoms with Gasteiger partial charge < -0.3 is 14.4 Å². The zero-order chi connectivity index (χ0) is 23.5. The van der Waals surface area contributed by atoms with Crippen molar-refractivity contribution in [3.63, 3.8) is 0 Å². The van der Waals surface area contributed by atoms with Crippen LogP contribution in [-0.2, 0) is 6.61 Å². The van der Waals surface area contributed by atoms with E-state index in [0.29, 0.717) is 37.4 Å². The number of hydrogen-bond donors (Lipinski definition) is 0. The fourth-order valence-electron chi connectivity index (χ4n) is 4.00. The van der Waals surface area contributed by atoms with Crippen molar-refractivity contribution < 1.29 is 23.0 Å². The maximum absolute atomic E-state index is 13.6. The van der Waals surface area contributed by atoms with E-state index in [2.05, 4.69) is 5.10 Å². The predicted molar refractivity (Wildman–Crippen MR) is 123 cm³/mol. The highest BCUT2D eigenvalue weighted by Crippen LogP contribution is 2.31. The van der Waals surface area contributed by atoms with E-state index in [9.17, 15) is 13.6 Å². The summed E-state index contributed by atoms with van der Waals surface area (Å²) < 4.78 is 39.0. The van der Waals surface area contributed by atoms with Crippen molar-refractivity contribution in [2.45, 2.75) is 25.2 Å². The second kappa shape index (κ2) is 9.51. The van der Waals surface area contributed by atoms with Crippen LogP contribution in [0.15, 0.2) is 77.9 Å². The minimum Gasteiger partial charge on any atom is -0.489 e. The van der Waals surface area contributed by atoms with Gasteiger partial charge in [-0.3, -0.25) is 0 Å². The van der Waals surface area contributed by atoms with Gasteiger partial charge in [-0.15, -0.1) is 0 Å². The maximum Gasteiger partial charge on any atom is 0.341 e. The molecule has 0 radical (unpaired) electrons. The molecule has 0 aliphatic carbocycles. The molecule has 1 atom stereocenters. The van der Waals surface area contributed by atoms with Crippen LogP contribution >= 0.6 is 0 Å². The molecular formula is C26H23F2N3O3. The molecule has 5 rings (SSSR count). The van der Waals surface area contributed by atoms with Crippen molar-refractivity contribution in [3.05, 3.63) is 95.6 Å². The van der Waals surface area contributed by atoms with Crippen LogP contribution in [0.5, 0.6) is 11.5 Å². The molecule has 3 aromatic carbocycles. The number of carbonyl (C=O) groups is 1. The second-order valence-corrected chi connectivity index (χ2v) is 8.27. The Labute approximate surface area is 196 Å². The minimum atomic E-state index is -0.678. The monoisotopic (exact) mass is 463 g/mol. The zero-order valence-corrected chi connectivity index (χ0v) is 18.3. The van der Waals surface area contributed by atoms with E-state index in [1.165, 1.54) is 17.1 Å². The van der Waals surface area contributed by atoms with Crippen LogP contribution in [0.2, 0.25) is 0 Å². The molecule has 174 valence electrons. The van der Waals surface area contributed by atoms with E-state index in [-0.39, 0.29) is 12.1 Å². The van der Waals surface area contributed by atoms with E-state index in [4.69, 9.17) is 9.47 Å². The number of ether oxygens (including phenoxy) is 2. The Morgan fingerprint density at radius 1 is 0.941 bits per heavy atom. The van der Waals surface area contributed by atoms with Gasteiger partial charge in [-0.2, -0.15) is 5.10 Å². The van der Waals surface area contributed by atoms with Gasteiger partial charge in [-0.1, -0.05) is 30.3 Å². The highest BCUT2D eigenvalue weighted by molar-refractivity contribution is 5.79. The first-order valence-corrected chi connectivity index (χ1v) is 11.1. The summed E-state index contributed by atoms with van der Waals surface area (Å²) in [4.78, 5) is 14.5. The minimum absolute atomic E-state index is 0.142.